The summed E-state index contributed by atoms with van der Waals surface area (Å²) in [6.45, 7) is 6.11. The highest BCUT2D eigenvalue weighted by Crippen LogP contribution is 2.31. The molecule has 0 spiro atoms. The van der Waals surface area contributed by atoms with Crippen LogP contribution in [0.25, 0.3) is 10.9 Å². The number of carboxylic acid groups (broad SMARTS) is 1. The number of carbonyl (C=O) groups is 2. The number of nitrogens with zero attached hydrogens (tertiary/aromatic N) is 2. The van der Waals surface area contributed by atoms with Crippen molar-refractivity contribution < 1.29 is 19.1 Å². The molecule has 168 valence electrons. The molecule has 2 aromatic carbocycles. The lowest BCUT2D eigenvalue weighted by molar-refractivity contribution is -0.143. The zero-order chi connectivity index (χ0) is 22.8. The molecule has 2 heterocycles. The van der Waals surface area contributed by atoms with Crippen LogP contribution in [0.4, 0.5) is 15.8 Å². The van der Waals surface area contributed by atoms with E-state index in [1.54, 1.807) is 24.4 Å². The topological polar surface area (TPSA) is 88.7 Å². The van der Waals surface area contributed by atoms with Crippen LogP contribution in [-0.4, -0.2) is 53.0 Å². The second-order valence-corrected chi connectivity index (χ2v) is 8.39. The van der Waals surface area contributed by atoms with Gasteiger partial charge in [0.25, 0.3) is 0 Å². The summed E-state index contributed by atoms with van der Waals surface area (Å²) in [5.74, 6) is -1.38. The van der Waals surface area contributed by atoms with E-state index in [-0.39, 0.29) is 17.6 Å². The normalized spacial score (nSPS) is 15.8. The van der Waals surface area contributed by atoms with Crippen molar-refractivity contribution in [2.45, 2.75) is 19.9 Å². The zero-order valence-corrected chi connectivity index (χ0v) is 18.1. The van der Waals surface area contributed by atoms with Crippen molar-refractivity contribution >= 4 is 34.2 Å². The Hall–Kier alpha value is -3.39. The maximum Gasteiger partial charge on any atom is 0.325 e. The van der Waals surface area contributed by atoms with E-state index < -0.39 is 12.0 Å². The number of aliphatic carboxylic acids is 1. The number of halogens is 1. The van der Waals surface area contributed by atoms with Gasteiger partial charge < -0.3 is 20.3 Å². The lowest BCUT2D eigenvalue weighted by Crippen LogP contribution is -2.49. The highest BCUT2D eigenvalue weighted by Gasteiger charge is 2.32. The molecule has 0 aliphatic carbocycles. The number of nitrogens with one attached hydrogen (secondary N) is 2. The van der Waals surface area contributed by atoms with Crippen molar-refractivity contribution in [2.75, 3.05) is 36.4 Å². The number of carboxylic acids is 1. The first-order valence-electron chi connectivity index (χ1n) is 10.7. The molecule has 8 heteroatoms. The van der Waals surface area contributed by atoms with Gasteiger partial charge in [0.2, 0.25) is 5.91 Å². The van der Waals surface area contributed by atoms with Crippen molar-refractivity contribution in [3.05, 3.63) is 60.0 Å². The molecule has 1 saturated heterocycles. The number of anilines is 2. The van der Waals surface area contributed by atoms with Gasteiger partial charge in [-0.2, -0.15) is 0 Å². The lowest BCUT2D eigenvalue weighted by atomic mass is 10.0. The predicted molar refractivity (Wildman–Crippen MR) is 122 cm³/mol. The number of aromatic amines is 1. The largest absolute Gasteiger partial charge is 0.480 e. The fourth-order valence-corrected chi connectivity index (χ4v) is 4.12. The average Bonchev–Trinajstić information content (AvgIpc) is 3.17. The van der Waals surface area contributed by atoms with Crippen molar-refractivity contribution in [1.29, 1.82) is 0 Å². The van der Waals surface area contributed by atoms with E-state index in [0.29, 0.717) is 37.4 Å². The Labute approximate surface area is 185 Å². The average molecular weight is 439 g/mol. The molecule has 32 heavy (non-hydrogen) atoms. The van der Waals surface area contributed by atoms with Gasteiger partial charge >= 0.3 is 5.97 Å². The number of fused-ring (bicyclic) bond motifs is 1. The van der Waals surface area contributed by atoms with E-state index >= 15 is 0 Å². The van der Waals surface area contributed by atoms with Crippen LogP contribution in [0.15, 0.2) is 48.7 Å². The Morgan fingerprint density at radius 3 is 2.38 bits per heavy atom. The number of hydrogen-bond acceptors (Lipinski definition) is 4. The molecule has 1 aliphatic heterocycles. The van der Waals surface area contributed by atoms with Gasteiger partial charge in [-0.3, -0.25) is 14.5 Å². The monoisotopic (exact) mass is 438 g/mol. The number of carbonyl (C=O) groups excluding carboxylic acids is 1. The molecule has 0 radical (unpaired) electrons. The second-order valence-electron chi connectivity index (χ2n) is 8.39. The van der Waals surface area contributed by atoms with Crippen LogP contribution in [0.1, 0.15) is 25.5 Å². The van der Waals surface area contributed by atoms with Crippen LogP contribution in [0.5, 0.6) is 0 Å². The third kappa shape index (κ3) is 4.45. The molecule has 1 unspecified atom stereocenters. The molecule has 1 amide bonds. The molecule has 3 N–H and O–H groups in total. The molecule has 4 rings (SSSR count). The molecule has 3 aromatic rings. The summed E-state index contributed by atoms with van der Waals surface area (Å²) in [5.41, 5.74) is 3.08. The third-order valence-corrected chi connectivity index (χ3v) is 5.91. The lowest BCUT2D eigenvalue weighted by Gasteiger charge is -2.38. The Bertz CT molecular complexity index is 1120. The number of benzene rings is 2. The maximum absolute atomic E-state index is 13.2. The molecule has 1 atom stereocenters. The van der Waals surface area contributed by atoms with Crippen molar-refractivity contribution in [3.63, 3.8) is 0 Å². The number of amides is 1. The van der Waals surface area contributed by atoms with E-state index in [2.05, 4.69) is 15.2 Å². The minimum absolute atomic E-state index is 0.0708. The number of hydrogen-bond donors (Lipinski definition) is 3. The van der Waals surface area contributed by atoms with Crippen molar-refractivity contribution in [3.8, 4) is 0 Å². The number of rotatable bonds is 6. The van der Waals surface area contributed by atoms with Gasteiger partial charge in [0.1, 0.15) is 11.9 Å². The summed E-state index contributed by atoms with van der Waals surface area (Å²) in [6, 6.07) is 11.0. The van der Waals surface area contributed by atoms with E-state index in [0.717, 1.165) is 16.6 Å². The SMILES string of the molecule is CC(C)C(=O)Nc1ccc2c(C(C(=O)O)N3CCN(c4ccc(F)cc4)CC3)c[nH]c2c1. The van der Waals surface area contributed by atoms with E-state index in [1.807, 2.05) is 30.9 Å². The van der Waals surface area contributed by atoms with Gasteiger partial charge in [0.05, 0.1) is 0 Å². The third-order valence-electron chi connectivity index (χ3n) is 5.91. The molecular formula is C24H27FN4O3. The predicted octanol–water partition coefficient (Wildman–Crippen LogP) is 3.85. The minimum Gasteiger partial charge on any atom is -0.480 e. The second kappa shape index (κ2) is 9.00. The molecule has 0 saturated carbocycles. The first-order chi connectivity index (χ1) is 15.3. The van der Waals surface area contributed by atoms with Crippen LogP contribution in [0.2, 0.25) is 0 Å². The van der Waals surface area contributed by atoms with Crippen molar-refractivity contribution in [1.82, 2.24) is 9.88 Å². The first kappa shape index (κ1) is 21.8. The molecule has 1 aromatic heterocycles. The Morgan fingerprint density at radius 1 is 1.06 bits per heavy atom. The number of piperazine rings is 1. The van der Waals surface area contributed by atoms with Crippen molar-refractivity contribution in [2.24, 2.45) is 5.92 Å². The summed E-state index contributed by atoms with van der Waals surface area (Å²) < 4.78 is 13.2. The smallest absolute Gasteiger partial charge is 0.325 e. The molecule has 1 aliphatic rings. The molecule has 0 bridgehead atoms. The Morgan fingerprint density at radius 2 is 1.75 bits per heavy atom. The Balaban J connectivity index is 1.52. The van der Waals surface area contributed by atoms with Gasteiger partial charge in [0, 0.05) is 66.1 Å². The highest BCUT2D eigenvalue weighted by atomic mass is 19.1. The van der Waals surface area contributed by atoms with Crippen LogP contribution < -0.4 is 10.2 Å². The zero-order valence-electron chi connectivity index (χ0n) is 18.1. The maximum atomic E-state index is 13.2. The molecule has 1 fully saturated rings. The summed E-state index contributed by atoms with van der Waals surface area (Å²) in [7, 11) is 0. The Kier molecular flexibility index (Phi) is 6.14. The van der Waals surface area contributed by atoms with Crippen LogP contribution in [0.3, 0.4) is 0 Å². The summed E-state index contributed by atoms with van der Waals surface area (Å²) in [4.78, 5) is 31.5. The number of H-pyrrole nitrogens is 1. The molecular weight excluding hydrogens is 411 g/mol. The quantitative estimate of drug-likeness (QED) is 0.544. The van der Waals surface area contributed by atoms with E-state index in [4.69, 9.17) is 0 Å². The van der Waals surface area contributed by atoms with Gasteiger partial charge in [-0.15, -0.1) is 0 Å². The highest BCUT2D eigenvalue weighted by molar-refractivity contribution is 5.96. The first-order valence-corrected chi connectivity index (χ1v) is 10.7. The van der Waals surface area contributed by atoms with Gasteiger partial charge in [-0.05, 0) is 36.4 Å². The minimum atomic E-state index is -0.904. The van der Waals surface area contributed by atoms with Gasteiger partial charge in [0.15, 0.2) is 0 Å². The standard InChI is InChI=1S/C24H27FN4O3/c1-15(2)23(30)27-17-5-8-19-20(14-26-21(19)13-17)22(24(31)32)29-11-9-28(10-12-29)18-6-3-16(25)4-7-18/h3-8,13-15,22,26H,9-12H2,1-2H3,(H,27,30)(H,31,32). The summed E-state index contributed by atoms with van der Waals surface area (Å²) >= 11 is 0. The van der Waals surface area contributed by atoms with Crippen LogP contribution in [0, 0.1) is 11.7 Å². The number of aromatic nitrogens is 1. The van der Waals surface area contributed by atoms with E-state index in [9.17, 15) is 19.1 Å². The fraction of sp³-hybridized carbons (Fsp3) is 0.333. The van der Waals surface area contributed by atoms with Gasteiger partial charge in [-0.1, -0.05) is 19.9 Å². The van der Waals surface area contributed by atoms with E-state index in [1.165, 1.54) is 12.1 Å². The van der Waals surface area contributed by atoms with Gasteiger partial charge in [-0.25, -0.2) is 4.39 Å². The van der Waals surface area contributed by atoms with Crippen LogP contribution >= 0.6 is 0 Å². The molecule has 7 nitrogen and oxygen atoms in total. The fourth-order valence-electron chi connectivity index (χ4n) is 4.12. The summed E-state index contributed by atoms with van der Waals surface area (Å²) in [6.07, 6.45) is 1.74. The van der Waals surface area contributed by atoms with Crippen LogP contribution in [-0.2, 0) is 9.59 Å². The summed E-state index contributed by atoms with van der Waals surface area (Å²) in [5, 5.41) is 13.7.